The summed E-state index contributed by atoms with van der Waals surface area (Å²) >= 11 is 0. The third kappa shape index (κ3) is 8.17. The summed E-state index contributed by atoms with van der Waals surface area (Å²) in [6.07, 6.45) is -3.72. The second-order valence-corrected chi connectivity index (χ2v) is 12.2. The minimum atomic E-state index is -4.77. The van der Waals surface area contributed by atoms with E-state index in [1.54, 1.807) is 0 Å². The highest BCUT2D eigenvalue weighted by molar-refractivity contribution is 7.47. The van der Waals surface area contributed by atoms with Gasteiger partial charge in [-0.1, -0.05) is 20.8 Å². The third-order valence-corrected chi connectivity index (χ3v) is 8.81. The lowest BCUT2D eigenvalue weighted by Crippen LogP contribution is -2.33. The van der Waals surface area contributed by atoms with Crippen LogP contribution in [0.4, 0.5) is 5.95 Å². The number of aromatic nitrogens is 6. The number of fused-ring (bicyclic) bond motifs is 1. The molecule has 7 N–H and O–H groups in total. The molecule has 0 bridgehead atoms. The molecule has 3 aromatic rings. The number of anilines is 1. The van der Waals surface area contributed by atoms with E-state index >= 15 is 0 Å². The molecule has 2 aliphatic heterocycles. The van der Waals surface area contributed by atoms with E-state index in [9.17, 15) is 34.1 Å². The zero-order chi connectivity index (χ0) is 33.8. The van der Waals surface area contributed by atoms with Crippen molar-refractivity contribution in [3.63, 3.8) is 0 Å². The number of rotatable bonds is 11. The number of phosphoric ester groups is 1. The lowest BCUT2D eigenvalue weighted by atomic mass is 10.2. The zero-order valence-corrected chi connectivity index (χ0v) is 26.8. The number of H-pyrrole nitrogens is 2. The van der Waals surface area contributed by atoms with Crippen LogP contribution in [-0.4, -0.2) is 106 Å². The number of imidazole rings is 1. The molecule has 0 aliphatic carbocycles. The number of aromatic amines is 2. The normalized spacial score (nSPS) is 25.9. The van der Waals surface area contributed by atoms with Crippen LogP contribution in [0.3, 0.4) is 0 Å². The van der Waals surface area contributed by atoms with Crippen molar-refractivity contribution in [2.45, 2.75) is 77.4 Å². The summed E-state index contributed by atoms with van der Waals surface area (Å²) in [4.78, 5) is 61.0. The van der Waals surface area contributed by atoms with Crippen LogP contribution in [0.1, 0.15) is 51.6 Å². The van der Waals surface area contributed by atoms with Gasteiger partial charge in [0.25, 0.3) is 11.1 Å². The maximum absolute atomic E-state index is 12.7. The van der Waals surface area contributed by atoms with Crippen molar-refractivity contribution < 1.29 is 38.2 Å². The first kappa shape index (κ1) is 35.6. The Balaban J connectivity index is 0.000000617. The highest BCUT2D eigenvalue weighted by Crippen LogP contribution is 2.49. The van der Waals surface area contributed by atoms with Gasteiger partial charge in [-0.2, -0.15) is 4.98 Å². The van der Waals surface area contributed by atoms with Gasteiger partial charge in [-0.15, -0.1) is 0 Å². The van der Waals surface area contributed by atoms with E-state index in [-0.39, 0.29) is 35.5 Å². The molecule has 0 spiro atoms. The van der Waals surface area contributed by atoms with Crippen LogP contribution in [0.5, 0.6) is 0 Å². The van der Waals surface area contributed by atoms with Crippen molar-refractivity contribution in [3.05, 3.63) is 49.3 Å². The summed E-state index contributed by atoms with van der Waals surface area (Å²) in [6.45, 7) is 10.5. The van der Waals surface area contributed by atoms with Gasteiger partial charge in [0.1, 0.15) is 30.8 Å². The van der Waals surface area contributed by atoms with Crippen LogP contribution in [-0.2, 0) is 23.1 Å². The van der Waals surface area contributed by atoms with Crippen molar-refractivity contribution in [3.8, 4) is 0 Å². The van der Waals surface area contributed by atoms with Gasteiger partial charge < -0.3 is 35.2 Å². The Labute approximate surface area is 262 Å². The van der Waals surface area contributed by atoms with Crippen LogP contribution >= 0.6 is 7.82 Å². The summed E-state index contributed by atoms with van der Waals surface area (Å²) in [6, 6.07) is 0. The number of aliphatic hydroxyl groups excluding tert-OH is 2. The predicted octanol–water partition coefficient (Wildman–Crippen LogP) is -0.661. The molecule has 256 valence electrons. The van der Waals surface area contributed by atoms with Gasteiger partial charge in [0.05, 0.1) is 25.6 Å². The fourth-order valence-electron chi connectivity index (χ4n) is 5.18. The van der Waals surface area contributed by atoms with Crippen LogP contribution < -0.4 is 22.5 Å². The molecule has 2 saturated heterocycles. The average molecular weight is 673 g/mol. The molecule has 0 amide bonds. The van der Waals surface area contributed by atoms with Crippen LogP contribution in [0, 0.1) is 6.92 Å². The molecular weight excluding hydrogens is 631 g/mol. The first-order valence-corrected chi connectivity index (χ1v) is 16.3. The Morgan fingerprint density at radius 1 is 1.07 bits per heavy atom. The summed E-state index contributed by atoms with van der Waals surface area (Å²) in [5.41, 5.74) is 4.12. The second kappa shape index (κ2) is 15.1. The number of nitrogens with two attached hydrogens (primary N) is 1. The van der Waals surface area contributed by atoms with Crippen molar-refractivity contribution in [2.75, 3.05) is 38.6 Å². The lowest BCUT2D eigenvalue weighted by Gasteiger charge is -2.21. The molecule has 3 aromatic heterocycles. The number of hydrogen-bond acceptors (Lipinski definition) is 14. The summed E-state index contributed by atoms with van der Waals surface area (Å²) in [5.74, 6) is -0.133. The van der Waals surface area contributed by atoms with E-state index in [2.05, 4.69) is 45.6 Å². The molecule has 1 unspecified atom stereocenters. The number of aliphatic hydroxyl groups is 2. The number of ether oxygens (including phenoxy) is 2. The molecule has 19 nitrogen and oxygen atoms in total. The SMILES string of the molecule is CCN(CC)CC.Cc1cn([C@H]2C[C@H](OP(=O)(O)OC[C@H]3O[C@@H](n4cnc5c(=O)[nH]c(N)nc54)C[C@@H]3O)[C@@H](CO)O2)c(=O)[nH]c1=O. The molecule has 46 heavy (non-hydrogen) atoms. The topological polar surface area (TPSA) is 262 Å². The van der Waals surface area contributed by atoms with Crippen molar-refractivity contribution in [1.29, 1.82) is 0 Å². The summed E-state index contributed by atoms with van der Waals surface area (Å²) in [7, 11) is -4.77. The molecule has 5 rings (SSSR count). The molecule has 0 radical (unpaired) electrons. The van der Waals surface area contributed by atoms with Crippen molar-refractivity contribution in [1.82, 2.24) is 34.0 Å². The van der Waals surface area contributed by atoms with E-state index in [0.717, 1.165) is 4.57 Å². The number of nitrogen functional groups attached to an aromatic ring is 1. The second-order valence-electron chi connectivity index (χ2n) is 10.8. The molecule has 0 saturated carbocycles. The molecule has 5 heterocycles. The molecule has 2 aliphatic rings. The number of aryl methyl sites for hydroxylation is 1. The third-order valence-electron chi connectivity index (χ3n) is 7.79. The van der Waals surface area contributed by atoms with E-state index in [1.807, 2.05) is 0 Å². The van der Waals surface area contributed by atoms with Gasteiger partial charge in [0.2, 0.25) is 5.95 Å². The Bertz CT molecular complexity index is 1700. The summed E-state index contributed by atoms with van der Waals surface area (Å²) in [5, 5.41) is 20.1. The van der Waals surface area contributed by atoms with Crippen LogP contribution in [0.25, 0.3) is 11.2 Å². The molecule has 0 aromatic carbocycles. The van der Waals surface area contributed by atoms with Gasteiger partial charge in [-0.25, -0.2) is 14.3 Å². The minimum Gasteiger partial charge on any atom is -0.394 e. The Kier molecular flexibility index (Phi) is 11.7. The van der Waals surface area contributed by atoms with Crippen LogP contribution in [0.2, 0.25) is 0 Å². The van der Waals surface area contributed by atoms with E-state index < -0.39 is 74.7 Å². The Morgan fingerprint density at radius 3 is 2.35 bits per heavy atom. The van der Waals surface area contributed by atoms with Crippen molar-refractivity contribution >= 4 is 24.9 Å². The van der Waals surface area contributed by atoms with E-state index in [1.165, 1.54) is 43.6 Å². The van der Waals surface area contributed by atoms with E-state index in [4.69, 9.17) is 24.3 Å². The molecule has 20 heteroatoms. The maximum Gasteiger partial charge on any atom is 0.472 e. The van der Waals surface area contributed by atoms with Crippen molar-refractivity contribution in [2.24, 2.45) is 0 Å². The fourth-order valence-corrected chi connectivity index (χ4v) is 6.14. The highest BCUT2D eigenvalue weighted by Gasteiger charge is 2.43. The average Bonchev–Trinajstić information content (AvgIpc) is 3.71. The fraction of sp³-hybridized carbons (Fsp3) is 0.654. The van der Waals surface area contributed by atoms with Gasteiger partial charge in [0, 0.05) is 24.6 Å². The minimum absolute atomic E-state index is 0.0186. The number of nitrogens with zero attached hydrogens (tertiary/aromatic N) is 5. The number of nitrogens with one attached hydrogen (secondary N) is 2. The van der Waals surface area contributed by atoms with Gasteiger partial charge >= 0.3 is 13.5 Å². The molecule has 7 atom stereocenters. The molecule has 2 fully saturated rings. The standard InChI is InChI=1S/C20H26N7O11P.C6H15N/c1-8-4-26(20(32)25-17(8)30)14-3-10(11(5-28)36-14)38-39(33,34)35-6-12-9(29)2-13(37-12)27-7-22-15-16(27)23-19(21)24-18(15)31;1-4-7(5-2)6-3/h4,7,9-14,28-29H,2-3,5-6H2,1H3,(H,33,34)(H,25,30,32)(H3,21,23,24,31);4-6H2,1-3H3/t9-,10-,11+,12+,13+,14+;/m0./s1. The zero-order valence-electron chi connectivity index (χ0n) is 25.9. The summed E-state index contributed by atoms with van der Waals surface area (Å²) < 4.78 is 36.8. The Hall–Kier alpha value is -3.26. The first-order chi connectivity index (χ1) is 21.8. The lowest BCUT2D eigenvalue weighted by molar-refractivity contribution is -0.0564. The van der Waals surface area contributed by atoms with E-state index in [0.29, 0.717) is 0 Å². The van der Waals surface area contributed by atoms with Gasteiger partial charge in [-0.3, -0.25) is 37.7 Å². The van der Waals surface area contributed by atoms with Gasteiger partial charge in [0.15, 0.2) is 11.2 Å². The number of phosphoric acid groups is 1. The monoisotopic (exact) mass is 672 g/mol. The molecular formula is C26H41N8O11P. The number of hydrogen-bond donors (Lipinski definition) is 6. The smallest absolute Gasteiger partial charge is 0.394 e. The van der Waals surface area contributed by atoms with Gasteiger partial charge in [-0.05, 0) is 26.6 Å². The Morgan fingerprint density at radius 2 is 1.72 bits per heavy atom. The maximum atomic E-state index is 12.7. The largest absolute Gasteiger partial charge is 0.472 e. The van der Waals surface area contributed by atoms with Crippen LogP contribution in [0.15, 0.2) is 26.9 Å². The quantitative estimate of drug-likeness (QED) is 0.138. The first-order valence-electron chi connectivity index (χ1n) is 14.8. The highest BCUT2D eigenvalue weighted by atomic mass is 31.2. The predicted molar refractivity (Wildman–Crippen MR) is 163 cm³/mol.